The Kier molecular flexibility index (Phi) is 4.27. The fraction of sp³-hybridized carbons (Fsp3) is 0.444. The van der Waals surface area contributed by atoms with Crippen LogP contribution in [0.1, 0.15) is 20.3 Å². The lowest BCUT2D eigenvalue weighted by atomic mass is 9.98. The van der Waals surface area contributed by atoms with Crippen LogP contribution in [-0.4, -0.2) is 11.1 Å². The summed E-state index contributed by atoms with van der Waals surface area (Å²) < 4.78 is 0. The van der Waals surface area contributed by atoms with Crippen LogP contribution in [0.3, 0.4) is 0 Å². The molecule has 0 aromatic carbocycles. The predicted octanol–water partition coefficient (Wildman–Crippen LogP) is 2.23. The van der Waals surface area contributed by atoms with Crippen molar-refractivity contribution in [2.24, 2.45) is 5.92 Å². The molecule has 0 aliphatic rings. The Balaban J connectivity index is 4.46. The summed E-state index contributed by atoms with van der Waals surface area (Å²) in [5, 5.41) is 8.69. The topological polar surface area (TPSA) is 37.3 Å². The molecule has 0 rings (SSSR count). The van der Waals surface area contributed by atoms with E-state index in [-0.39, 0.29) is 5.92 Å². The Labute approximate surface area is 67.2 Å². The van der Waals surface area contributed by atoms with Crippen LogP contribution in [0.2, 0.25) is 0 Å². The maximum Gasteiger partial charge on any atom is 0.331 e. The zero-order valence-corrected chi connectivity index (χ0v) is 7.00. The van der Waals surface area contributed by atoms with Crippen LogP contribution in [0, 0.1) is 5.92 Å². The van der Waals surface area contributed by atoms with E-state index in [0.29, 0.717) is 5.57 Å². The molecule has 62 valence electrons. The van der Waals surface area contributed by atoms with Gasteiger partial charge in [0.25, 0.3) is 0 Å². The van der Waals surface area contributed by atoms with Crippen LogP contribution >= 0.6 is 0 Å². The van der Waals surface area contributed by atoms with E-state index in [1.165, 1.54) is 6.08 Å². The highest BCUT2D eigenvalue weighted by molar-refractivity contribution is 5.87. The summed E-state index contributed by atoms with van der Waals surface area (Å²) in [4.78, 5) is 10.6. The second-order valence-electron chi connectivity index (χ2n) is 2.47. The molecule has 0 aliphatic carbocycles. The van der Waals surface area contributed by atoms with E-state index in [4.69, 9.17) is 5.11 Å². The van der Waals surface area contributed by atoms with Crippen molar-refractivity contribution in [1.82, 2.24) is 0 Å². The molecule has 2 nitrogen and oxygen atoms in total. The molecule has 0 fully saturated rings. The lowest BCUT2D eigenvalue weighted by Crippen LogP contribution is -2.08. The summed E-state index contributed by atoms with van der Waals surface area (Å²) in [7, 11) is 0. The van der Waals surface area contributed by atoms with E-state index in [9.17, 15) is 4.79 Å². The van der Waals surface area contributed by atoms with Crippen LogP contribution in [0.25, 0.3) is 0 Å². The molecule has 0 amide bonds. The highest BCUT2D eigenvalue weighted by Gasteiger charge is 2.12. The summed E-state index contributed by atoms with van der Waals surface area (Å²) in [5.41, 5.74) is 0.433. The maximum absolute atomic E-state index is 10.6. The molecule has 0 saturated heterocycles. The Hall–Kier alpha value is -1.05. The molecule has 0 heterocycles. The van der Waals surface area contributed by atoms with E-state index < -0.39 is 5.97 Å². The van der Waals surface area contributed by atoms with Gasteiger partial charge in [0.05, 0.1) is 0 Å². The molecule has 0 spiro atoms. The quantitative estimate of drug-likeness (QED) is 0.498. The highest BCUT2D eigenvalue weighted by Crippen LogP contribution is 2.13. The minimum absolute atomic E-state index is 0.102. The van der Waals surface area contributed by atoms with Gasteiger partial charge in [-0.3, -0.25) is 0 Å². The Morgan fingerprint density at radius 2 is 2.27 bits per heavy atom. The molecule has 0 aromatic rings. The van der Waals surface area contributed by atoms with Crippen molar-refractivity contribution in [3.05, 3.63) is 24.3 Å². The van der Waals surface area contributed by atoms with Gasteiger partial charge in [-0.1, -0.05) is 32.6 Å². The Morgan fingerprint density at radius 3 is 2.55 bits per heavy atom. The van der Waals surface area contributed by atoms with Crippen LogP contribution < -0.4 is 0 Å². The fourth-order valence-corrected chi connectivity index (χ4v) is 0.793. The first-order chi connectivity index (χ1) is 5.13. The summed E-state index contributed by atoms with van der Waals surface area (Å²) in [6, 6.07) is 0. The van der Waals surface area contributed by atoms with Gasteiger partial charge in [-0.05, 0) is 12.3 Å². The maximum atomic E-state index is 10.6. The van der Waals surface area contributed by atoms with Crippen LogP contribution in [0.15, 0.2) is 24.3 Å². The summed E-state index contributed by atoms with van der Waals surface area (Å²) in [6.07, 6.45) is 3.90. The van der Waals surface area contributed by atoms with Gasteiger partial charge in [0.15, 0.2) is 0 Å². The smallest absolute Gasteiger partial charge is 0.331 e. The SMILES string of the molecule is C=C/C=C(/C(=O)O)C(C)CC. The molecule has 0 saturated carbocycles. The van der Waals surface area contributed by atoms with Crippen molar-refractivity contribution >= 4 is 5.97 Å². The molecule has 0 aromatic heterocycles. The Morgan fingerprint density at radius 1 is 1.73 bits per heavy atom. The van der Waals surface area contributed by atoms with Gasteiger partial charge in [0, 0.05) is 5.57 Å². The molecule has 0 radical (unpaired) electrons. The van der Waals surface area contributed by atoms with E-state index in [2.05, 4.69) is 6.58 Å². The number of allylic oxidation sites excluding steroid dienone is 2. The normalized spacial score (nSPS) is 14.2. The first-order valence-corrected chi connectivity index (χ1v) is 3.69. The summed E-state index contributed by atoms with van der Waals surface area (Å²) >= 11 is 0. The largest absolute Gasteiger partial charge is 0.478 e. The predicted molar refractivity (Wildman–Crippen MR) is 45.4 cm³/mol. The lowest BCUT2D eigenvalue weighted by molar-refractivity contribution is -0.133. The van der Waals surface area contributed by atoms with E-state index in [0.717, 1.165) is 6.42 Å². The van der Waals surface area contributed by atoms with E-state index >= 15 is 0 Å². The monoisotopic (exact) mass is 154 g/mol. The third kappa shape index (κ3) is 3.03. The standard InChI is InChI=1S/C9H14O2/c1-4-6-8(9(10)11)7(3)5-2/h4,6-7H,1,5H2,2-3H3,(H,10,11)/b8-6+. The number of hydrogen-bond acceptors (Lipinski definition) is 1. The van der Waals surface area contributed by atoms with Crippen molar-refractivity contribution < 1.29 is 9.90 Å². The van der Waals surface area contributed by atoms with Gasteiger partial charge < -0.3 is 5.11 Å². The van der Waals surface area contributed by atoms with Crippen LogP contribution in [-0.2, 0) is 4.79 Å². The van der Waals surface area contributed by atoms with Gasteiger partial charge in [-0.15, -0.1) is 0 Å². The van der Waals surface area contributed by atoms with Crippen LogP contribution in [0.4, 0.5) is 0 Å². The number of carbonyl (C=O) groups is 1. The second-order valence-corrected chi connectivity index (χ2v) is 2.47. The molecule has 0 bridgehead atoms. The van der Waals surface area contributed by atoms with Crippen molar-refractivity contribution in [1.29, 1.82) is 0 Å². The lowest BCUT2D eigenvalue weighted by Gasteiger charge is -2.07. The first kappa shape index (κ1) is 9.95. The zero-order valence-electron chi connectivity index (χ0n) is 7.00. The second kappa shape index (κ2) is 4.72. The first-order valence-electron chi connectivity index (χ1n) is 3.69. The number of rotatable bonds is 4. The molecular formula is C9H14O2. The van der Waals surface area contributed by atoms with Crippen LogP contribution in [0.5, 0.6) is 0 Å². The molecular weight excluding hydrogens is 140 g/mol. The van der Waals surface area contributed by atoms with Gasteiger partial charge >= 0.3 is 5.97 Å². The number of aliphatic carboxylic acids is 1. The average molecular weight is 154 g/mol. The van der Waals surface area contributed by atoms with Crippen molar-refractivity contribution in [2.75, 3.05) is 0 Å². The van der Waals surface area contributed by atoms with Crippen molar-refractivity contribution in [3.8, 4) is 0 Å². The van der Waals surface area contributed by atoms with Gasteiger partial charge in [0.1, 0.15) is 0 Å². The van der Waals surface area contributed by atoms with Crippen molar-refractivity contribution in [3.63, 3.8) is 0 Å². The average Bonchev–Trinajstić information content (AvgIpc) is 1.98. The van der Waals surface area contributed by atoms with Gasteiger partial charge in [0.2, 0.25) is 0 Å². The highest BCUT2D eigenvalue weighted by atomic mass is 16.4. The minimum atomic E-state index is -0.848. The van der Waals surface area contributed by atoms with E-state index in [1.54, 1.807) is 6.08 Å². The number of carboxylic acids is 1. The van der Waals surface area contributed by atoms with Crippen molar-refractivity contribution in [2.45, 2.75) is 20.3 Å². The summed E-state index contributed by atoms with van der Waals surface area (Å²) in [6.45, 7) is 7.32. The summed E-state index contributed by atoms with van der Waals surface area (Å²) in [5.74, 6) is -0.746. The molecule has 1 N–H and O–H groups in total. The zero-order chi connectivity index (χ0) is 8.85. The third-order valence-corrected chi connectivity index (χ3v) is 1.69. The van der Waals surface area contributed by atoms with Gasteiger partial charge in [-0.2, -0.15) is 0 Å². The molecule has 2 heteroatoms. The minimum Gasteiger partial charge on any atom is -0.478 e. The third-order valence-electron chi connectivity index (χ3n) is 1.69. The number of hydrogen-bond donors (Lipinski definition) is 1. The molecule has 11 heavy (non-hydrogen) atoms. The number of carboxylic acid groups (broad SMARTS) is 1. The molecule has 1 unspecified atom stereocenters. The van der Waals surface area contributed by atoms with E-state index in [1.807, 2.05) is 13.8 Å². The fourth-order valence-electron chi connectivity index (χ4n) is 0.793. The van der Waals surface area contributed by atoms with Gasteiger partial charge in [-0.25, -0.2) is 4.79 Å². The Bertz CT molecular complexity index is 180. The molecule has 0 aliphatic heterocycles. The molecule has 1 atom stereocenters.